The summed E-state index contributed by atoms with van der Waals surface area (Å²) in [5.41, 5.74) is 2.67. The number of carbonyl (C=O) groups excluding carboxylic acids is 2. The molecule has 1 aliphatic heterocycles. The summed E-state index contributed by atoms with van der Waals surface area (Å²) in [6, 6.07) is 7.01. The zero-order valence-electron chi connectivity index (χ0n) is 19.2. The summed E-state index contributed by atoms with van der Waals surface area (Å²) in [7, 11) is 0. The number of aromatic nitrogens is 2. The standard InChI is InChI=1S/C25H22ClF3N4O3/c1-14-30-13-20(25(35)32-36-18-10-16(26)9-17(27)11-18)24(31-14)15-5-7-33(8-6-15)23(34)12-19-21(28)3-2-4-22(19)29/h2-4,9-11,13,15H,5-8,12H2,1H3,(H,32,35). The first-order chi connectivity index (χ1) is 17.2. The number of aryl methyl sites for hydroxylation is 1. The molecule has 3 aromatic rings. The number of nitrogens with one attached hydrogen (secondary N) is 1. The lowest BCUT2D eigenvalue weighted by Gasteiger charge is -2.32. The summed E-state index contributed by atoms with van der Waals surface area (Å²) in [6.45, 7) is 2.36. The number of nitrogens with zero attached hydrogens (tertiary/aromatic N) is 3. The number of benzene rings is 2. The van der Waals surface area contributed by atoms with Crippen molar-refractivity contribution in [1.29, 1.82) is 0 Å². The highest BCUT2D eigenvalue weighted by atomic mass is 35.5. The van der Waals surface area contributed by atoms with Crippen LogP contribution in [0.3, 0.4) is 0 Å². The lowest BCUT2D eigenvalue weighted by atomic mass is 9.90. The molecule has 1 aliphatic rings. The molecule has 1 fully saturated rings. The molecule has 1 N–H and O–H groups in total. The summed E-state index contributed by atoms with van der Waals surface area (Å²) < 4.78 is 41.4. The quantitative estimate of drug-likeness (QED) is 0.485. The summed E-state index contributed by atoms with van der Waals surface area (Å²) in [4.78, 5) is 40.8. The summed E-state index contributed by atoms with van der Waals surface area (Å²) in [6.07, 6.45) is 1.99. The van der Waals surface area contributed by atoms with E-state index in [2.05, 4.69) is 15.4 Å². The Morgan fingerprint density at radius 1 is 1.14 bits per heavy atom. The van der Waals surface area contributed by atoms with Crippen molar-refractivity contribution in [3.63, 3.8) is 0 Å². The van der Waals surface area contributed by atoms with Gasteiger partial charge in [0.2, 0.25) is 5.91 Å². The van der Waals surface area contributed by atoms with Crippen molar-refractivity contribution in [3.05, 3.63) is 87.7 Å². The van der Waals surface area contributed by atoms with Gasteiger partial charge in [0.05, 0.1) is 17.7 Å². The van der Waals surface area contributed by atoms with Gasteiger partial charge in [-0.3, -0.25) is 9.59 Å². The number of piperidine rings is 1. The van der Waals surface area contributed by atoms with Gasteiger partial charge in [-0.05, 0) is 38.0 Å². The number of rotatable bonds is 6. The molecule has 36 heavy (non-hydrogen) atoms. The van der Waals surface area contributed by atoms with Gasteiger partial charge in [0.25, 0.3) is 5.91 Å². The van der Waals surface area contributed by atoms with E-state index in [1.54, 1.807) is 11.8 Å². The maximum absolute atomic E-state index is 13.9. The molecule has 0 aliphatic carbocycles. The minimum absolute atomic E-state index is 0.0149. The molecule has 7 nitrogen and oxygen atoms in total. The summed E-state index contributed by atoms with van der Waals surface area (Å²) in [5, 5.41) is 0.109. The van der Waals surface area contributed by atoms with E-state index in [4.69, 9.17) is 16.4 Å². The topological polar surface area (TPSA) is 84.4 Å². The Bertz CT molecular complexity index is 1260. The van der Waals surface area contributed by atoms with E-state index in [1.165, 1.54) is 18.3 Å². The molecule has 2 aromatic carbocycles. The lowest BCUT2D eigenvalue weighted by Crippen LogP contribution is -2.39. The Morgan fingerprint density at radius 3 is 2.50 bits per heavy atom. The van der Waals surface area contributed by atoms with Crippen LogP contribution in [0.1, 0.15) is 46.2 Å². The Balaban J connectivity index is 1.42. The zero-order chi connectivity index (χ0) is 25.8. The van der Waals surface area contributed by atoms with Gasteiger partial charge >= 0.3 is 0 Å². The monoisotopic (exact) mass is 518 g/mol. The van der Waals surface area contributed by atoms with Gasteiger partial charge < -0.3 is 9.74 Å². The second kappa shape index (κ2) is 10.9. The van der Waals surface area contributed by atoms with Crippen LogP contribution in [0.15, 0.2) is 42.6 Å². The van der Waals surface area contributed by atoms with Gasteiger partial charge in [-0.2, -0.15) is 5.48 Å². The number of hydroxylamine groups is 1. The third-order valence-electron chi connectivity index (χ3n) is 5.91. The van der Waals surface area contributed by atoms with Crippen molar-refractivity contribution in [2.24, 2.45) is 0 Å². The third kappa shape index (κ3) is 5.93. The highest BCUT2D eigenvalue weighted by Crippen LogP contribution is 2.30. The van der Waals surface area contributed by atoms with E-state index in [9.17, 15) is 22.8 Å². The van der Waals surface area contributed by atoms with Crippen LogP contribution in [0.4, 0.5) is 13.2 Å². The molecule has 0 spiro atoms. The average molecular weight is 519 g/mol. The minimum Gasteiger partial charge on any atom is -0.379 e. The normalized spacial score (nSPS) is 14.0. The number of likely N-dealkylation sites (tertiary alicyclic amines) is 1. The Morgan fingerprint density at radius 2 is 1.83 bits per heavy atom. The highest BCUT2D eigenvalue weighted by molar-refractivity contribution is 6.30. The highest BCUT2D eigenvalue weighted by Gasteiger charge is 2.29. The molecule has 0 atom stereocenters. The molecule has 11 heteroatoms. The fourth-order valence-electron chi connectivity index (χ4n) is 4.09. The van der Waals surface area contributed by atoms with Gasteiger partial charge in [0.15, 0.2) is 5.75 Å². The molecule has 0 bridgehead atoms. The maximum Gasteiger partial charge on any atom is 0.287 e. The Labute approximate surface area is 210 Å². The summed E-state index contributed by atoms with van der Waals surface area (Å²) >= 11 is 5.80. The molecular weight excluding hydrogens is 497 g/mol. The first-order valence-corrected chi connectivity index (χ1v) is 11.6. The van der Waals surface area contributed by atoms with Crippen LogP contribution in [-0.4, -0.2) is 39.8 Å². The molecule has 0 radical (unpaired) electrons. The second-order valence-corrected chi connectivity index (χ2v) is 8.82. The Hall–Kier alpha value is -3.66. The van der Waals surface area contributed by atoms with E-state index in [0.717, 1.165) is 24.3 Å². The summed E-state index contributed by atoms with van der Waals surface area (Å²) in [5.74, 6) is -2.82. The van der Waals surface area contributed by atoms with Gasteiger partial charge in [0.1, 0.15) is 23.3 Å². The Kier molecular flexibility index (Phi) is 7.73. The van der Waals surface area contributed by atoms with Crippen molar-refractivity contribution < 1.29 is 27.6 Å². The molecule has 4 rings (SSSR count). The number of halogens is 4. The van der Waals surface area contributed by atoms with Gasteiger partial charge in [-0.15, -0.1) is 0 Å². The lowest BCUT2D eigenvalue weighted by molar-refractivity contribution is -0.131. The largest absolute Gasteiger partial charge is 0.379 e. The van der Waals surface area contributed by atoms with Crippen molar-refractivity contribution >= 4 is 23.4 Å². The van der Waals surface area contributed by atoms with Crippen LogP contribution in [0.5, 0.6) is 5.75 Å². The van der Waals surface area contributed by atoms with Crippen LogP contribution in [0.25, 0.3) is 0 Å². The van der Waals surface area contributed by atoms with Crippen LogP contribution in [-0.2, 0) is 11.2 Å². The first kappa shape index (κ1) is 25.4. The minimum atomic E-state index is -0.756. The van der Waals surface area contributed by atoms with Crippen molar-refractivity contribution in [1.82, 2.24) is 20.3 Å². The number of amides is 2. The van der Waals surface area contributed by atoms with Gasteiger partial charge in [0, 0.05) is 47.9 Å². The predicted molar refractivity (Wildman–Crippen MR) is 125 cm³/mol. The molecular formula is C25H22ClF3N4O3. The molecule has 2 amide bonds. The van der Waals surface area contributed by atoms with Gasteiger partial charge in [-0.25, -0.2) is 23.1 Å². The molecule has 188 valence electrons. The van der Waals surface area contributed by atoms with Crippen molar-refractivity contribution in [2.75, 3.05) is 13.1 Å². The second-order valence-electron chi connectivity index (χ2n) is 8.39. The van der Waals surface area contributed by atoms with E-state index in [-0.39, 0.29) is 40.1 Å². The van der Waals surface area contributed by atoms with E-state index >= 15 is 0 Å². The SMILES string of the molecule is Cc1ncc(C(=O)NOc2cc(F)cc(Cl)c2)c(C2CCN(C(=O)Cc3c(F)cccc3F)CC2)n1. The van der Waals surface area contributed by atoms with E-state index < -0.39 is 23.4 Å². The first-order valence-electron chi connectivity index (χ1n) is 11.2. The molecule has 2 heterocycles. The average Bonchev–Trinajstić information content (AvgIpc) is 2.84. The zero-order valence-corrected chi connectivity index (χ0v) is 20.0. The fraction of sp³-hybridized carbons (Fsp3) is 0.280. The number of carbonyl (C=O) groups is 2. The van der Waals surface area contributed by atoms with Crippen LogP contribution in [0, 0.1) is 24.4 Å². The molecule has 1 aromatic heterocycles. The predicted octanol–water partition coefficient (Wildman–Crippen LogP) is 4.53. The smallest absolute Gasteiger partial charge is 0.287 e. The van der Waals surface area contributed by atoms with Crippen LogP contribution < -0.4 is 10.3 Å². The van der Waals surface area contributed by atoms with Crippen LogP contribution >= 0.6 is 11.6 Å². The van der Waals surface area contributed by atoms with Crippen molar-refractivity contribution in [2.45, 2.75) is 32.1 Å². The van der Waals surface area contributed by atoms with Crippen molar-refractivity contribution in [3.8, 4) is 5.75 Å². The fourth-order valence-corrected chi connectivity index (χ4v) is 4.30. The molecule has 1 saturated heterocycles. The van der Waals surface area contributed by atoms with Gasteiger partial charge in [-0.1, -0.05) is 17.7 Å². The maximum atomic E-state index is 13.9. The molecule has 0 unspecified atom stereocenters. The molecule has 0 saturated carbocycles. The van der Waals surface area contributed by atoms with E-state index in [0.29, 0.717) is 37.4 Å². The number of hydrogen-bond donors (Lipinski definition) is 1. The third-order valence-corrected chi connectivity index (χ3v) is 6.12. The van der Waals surface area contributed by atoms with Crippen LogP contribution in [0.2, 0.25) is 5.02 Å². The number of hydrogen-bond acceptors (Lipinski definition) is 5. The van der Waals surface area contributed by atoms with E-state index in [1.807, 2.05) is 0 Å².